The van der Waals surface area contributed by atoms with Crippen LogP contribution in [0.4, 0.5) is 0 Å². The predicted octanol–water partition coefficient (Wildman–Crippen LogP) is 12.9. The Morgan fingerprint density at radius 2 is 0.941 bits per heavy atom. The van der Waals surface area contributed by atoms with Crippen molar-refractivity contribution in [3.05, 3.63) is 181 Å². The molecule has 240 valence electrons. The molecule has 1 aliphatic rings. The molecule has 0 atom stereocenters. The molecule has 0 fully saturated rings. The molecule has 9 aromatic rings. The minimum absolute atomic E-state index is 0.0930. The van der Waals surface area contributed by atoms with Crippen LogP contribution in [0.3, 0.4) is 0 Å². The van der Waals surface area contributed by atoms with Gasteiger partial charge in [-0.25, -0.2) is 9.97 Å². The van der Waals surface area contributed by atoms with Crippen molar-refractivity contribution in [3.63, 3.8) is 0 Å². The molecule has 0 saturated heterocycles. The normalized spacial score (nSPS) is 13.1. The van der Waals surface area contributed by atoms with E-state index in [2.05, 4.69) is 178 Å². The molecule has 0 saturated carbocycles. The Morgan fingerprint density at radius 1 is 0.392 bits per heavy atom. The van der Waals surface area contributed by atoms with E-state index in [4.69, 9.17) is 9.97 Å². The summed E-state index contributed by atoms with van der Waals surface area (Å²) >= 11 is 0. The van der Waals surface area contributed by atoms with Crippen LogP contribution in [-0.2, 0) is 5.41 Å². The van der Waals surface area contributed by atoms with E-state index in [0.29, 0.717) is 0 Å². The van der Waals surface area contributed by atoms with Crippen molar-refractivity contribution in [2.45, 2.75) is 19.3 Å². The highest BCUT2D eigenvalue weighted by atomic mass is 14.8. The van der Waals surface area contributed by atoms with Crippen LogP contribution < -0.4 is 0 Å². The molecule has 7 aromatic carbocycles. The number of benzene rings is 7. The predicted molar refractivity (Wildman–Crippen MR) is 214 cm³/mol. The van der Waals surface area contributed by atoms with Crippen LogP contribution in [0.15, 0.2) is 170 Å². The summed E-state index contributed by atoms with van der Waals surface area (Å²) in [4.78, 5) is 10.4. The highest BCUT2D eigenvalue weighted by molar-refractivity contribution is 6.06. The maximum absolute atomic E-state index is 5.25. The summed E-state index contributed by atoms with van der Waals surface area (Å²) in [5, 5.41) is 4.78. The van der Waals surface area contributed by atoms with Gasteiger partial charge in [0.25, 0.3) is 0 Å². The van der Waals surface area contributed by atoms with Gasteiger partial charge in [0.15, 0.2) is 0 Å². The second-order valence-corrected chi connectivity index (χ2v) is 14.2. The van der Waals surface area contributed by atoms with E-state index < -0.39 is 0 Å². The van der Waals surface area contributed by atoms with Crippen LogP contribution in [-0.4, -0.2) is 9.97 Å². The van der Waals surface area contributed by atoms with E-state index in [1.54, 1.807) is 0 Å². The van der Waals surface area contributed by atoms with E-state index in [0.717, 1.165) is 49.9 Å². The fourth-order valence-electron chi connectivity index (χ4n) is 8.31. The standard InChI is InChI=1S/C49H34N2/c1-49(2)42-21-9-8-20-40(42)45-41(30-37-14-6-7-19-39(37)46(45)49)36-17-10-15-34(28-36)35-16-11-18-38(29-35)44-27-25-33-23-22-32-24-26-43(31-12-4-3-5-13-31)50-47(32)48(33)51-44/h3-30H,1-2H3. The lowest BCUT2D eigenvalue weighted by Crippen LogP contribution is -2.15. The van der Waals surface area contributed by atoms with Crippen LogP contribution in [0, 0.1) is 0 Å². The Balaban J connectivity index is 1.09. The van der Waals surface area contributed by atoms with Gasteiger partial charge < -0.3 is 0 Å². The molecule has 1 aliphatic carbocycles. The summed E-state index contributed by atoms with van der Waals surface area (Å²) in [7, 11) is 0. The molecule has 0 radical (unpaired) electrons. The first-order valence-corrected chi connectivity index (χ1v) is 17.7. The lowest BCUT2D eigenvalue weighted by molar-refractivity contribution is 0.666. The summed E-state index contributed by atoms with van der Waals surface area (Å²) in [6.45, 7) is 4.75. The van der Waals surface area contributed by atoms with Crippen LogP contribution in [0.2, 0.25) is 0 Å². The molecule has 0 unspecified atom stereocenters. The van der Waals surface area contributed by atoms with E-state index in [1.165, 1.54) is 49.7 Å². The quantitative estimate of drug-likeness (QED) is 0.177. The van der Waals surface area contributed by atoms with Crippen LogP contribution in [0.5, 0.6) is 0 Å². The number of nitrogens with zero attached hydrogens (tertiary/aromatic N) is 2. The lowest BCUT2D eigenvalue weighted by Gasteiger charge is -2.24. The molecule has 2 heteroatoms. The van der Waals surface area contributed by atoms with Gasteiger partial charge in [-0.15, -0.1) is 0 Å². The van der Waals surface area contributed by atoms with Crippen molar-refractivity contribution in [1.82, 2.24) is 9.97 Å². The monoisotopic (exact) mass is 650 g/mol. The molecule has 10 rings (SSSR count). The minimum Gasteiger partial charge on any atom is -0.245 e. The van der Waals surface area contributed by atoms with Crippen LogP contribution in [0.1, 0.15) is 25.0 Å². The second kappa shape index (κ2) is 11.3. The molecule has 0 N–H and O–H groups in total. The van der Waals surface area contributed by atoms with Crippen LogP contribution in [0.25, 0.3) is 88.5 Å². The highest BCUT2D eigenvalue weighted by Gasteiger charge is 2.38. The fraction of sp³-hybridized carbons (Fsp3) is 0.0612. The Bertz CT molecular complexity index is 2830. The van der Waals surface area contributed by atoms with Crippen molar-refractivity contribution >= 4 is 32.6 Å². The molecule has 0 amide bonds. The zero-order valence-electron chi connectivity index (χ0n) is 28.6. The van der Waals surface area contributed by atoms with E-state index in [-0.39, 0.29) is 5.41 Å². The summed E-state index contributed by atoms with van der Waals surface area (Å²) in [5.41, 5.74) is 16.2. The first-order chi connectivity index (χ1) is 25.0. The smallest absolute Gasteiger partial charge is 0.0972 e. The van der Waals surface area contributed by atoms with Crippen molar-refractivity contribution < 1.29 is 0 Å². The maximum atomic E-state index is 5.25. The average Bonchev–Trinajstić information content (AvgIpc) is 3.44. The van der Waals surface area contributed by atoms with Crippen molar-refractivity contribution in [3.8, 4) is 55.9 Å². The van der Waals surface area contributed by atoms with Crippen molar-refractivity contribution in [2.24, 2.45) is 0 Å². The van der Waals surface area contributed by atoms with Crippen molar-refractivity contribution in [2.75, 3.05) is 0 Å². The molecule has 2 heterocycles. The molecular formula is C49H34N2. The summed E-state index contributed by atoms with van der Waals surface area (Å²) in [6, 6.07) is 61.2. The van der Waals surface area contributed by atoms with E-state index >= 15 is 0 Å². The highest BCUT2D eigenvalue weighted by Crippen LogP contribution is 2.54. The Kier molecular flexibility index (Phi) is 6.56. The van der Waals surface area contributed by atoms with Gasteiger partial charge >= 0.3 is 0 Å². The van der Waals surface area contributed by atoms with E-state index in [9.17, 15) is 0 Å². The second-order valence-electron chi connectivity index (χ2n) is 14.2. The Labute approximate surface area is 297 Å². The molecular weight excluding hydrogens is 617 g/mol. The minimum atomic E-state index is -0.0930. The van der Waals surface area contributed by atoms with E-state index in [1.807, 2.05) is 6.07 Å². The molecule has 0 aliphatic heterocycles. The molecule has 0 bridgehead atoms. The first kappa shape index (κ1) is 29.5. The Hall–Kier alpha value is -6.38. The number of aromatic nitrogens is 2. The molecule has 2 nitrogen and oxygen atoms in total. The van der Waals surface area contributed by atoms with Crippen LogP contribution >= 0.6 is 0 Å². The van der Waals surface area contributed by atoms with Gasteiger partial charge in [0.05, 0.1) is 22.4 Å². The average molecular weight is 651 g/mol. The van der Waals surface area contributed by atoms with Gasteiger partial charge in [0.2, 0.25) is 0 Å². The third kappa shape index (κ3) is 4.71. The summed E-state index contributed by atoms with van der Waals surface area (Å²) in [6.07, 6.45) is 0. The number of hydrogen-bond acceptors (Lipinski definition) is 2. The number of fused-ring (bicyclic) bond motifs is 8. The number of rotatable bonds is 4. The largest absolute Gasteiger partial charge is 0.245 e. The Morgan fingerprint density at radius 3 is 1.69 bits per heavy atom. The molecule has 51 heavy (non-hydrogen) atoms. The SMILES string of the molecule is CC1(C)c2ccccc2-c2c(-c3cccc(-c4cccc(-c5ccc6ccc7ccc(-c8ccccc8)nc7c6n5)c4)c3)cc3ccccc3c21. The lowest BCUT2D eigenvalue weighted by atomic mass is 9.79. The number of pyridine rings is 2. The molecule has 0 spiro atoms. The first-order valence-electron chi connectivity index (χ1n) is 17.7. The third-order valence-electron chi connectivity index (χ3n) is 10.8. The zero-order valence-corrected chi connectivity index (χ0v) is 28.6. The topological polar surface area (TPSA) is 25.8 Å². The van der Waals surface area contributed by atoms with Gasteiger partial charge in [-0.2, -0.15) is 0 Å². The zero-order chi connectivity index (χ0) is 34.1. The third-order valence-corrected chi connectivity index (χ3v) is 10.8. The van der Waals surface area contributed by atoms with Gasteiger partial charge in [0.1, 0.15) is 0 Å². The summed E-state index contributed by atoms with van der Waals surface area (Å²) < 4.78 is 0. The van der Waals surface area contributed by atoms with Gasteiger partial charge in [-0.05, 0) is 85.6 Å². The van der Waals surface area contributed by atoms with Gasteiger partial charge in [-0.3, -0.25) is 0 Å². The number of hydrogen-bond donors (Lipinski definition) is 0. The maximum Gasteiger partial charge on any atom is 0.0972 e. The van der Waals surface area contributed by atoms with Crippen molar-refractivity contribution in [1.29, 1.82) is 0 Å². The van der Waals surface area contributed by atoms with Gasteiger partial charge in [-0.1, -0.05) is 153 Å². The fourth-order valence-corrected chi connectivity index (χ4v) is 8.31. The summed E-state index contributed by atoms with van der Waals surface area (Å²) in [5.74, 6) is 0. The van der Waals surface area contributed by atoms with Gasteiger partial charge in [0, 0.05) is 27.3 Å². The molecule has 2 aromatic heterocycles.